The summed E-state index contributed by atoms with van der Waals surface area (Å²) in [6, 6.07) is 3.91. The lowest BCUT2D eigenvalue weighted by Crippen LogP contribution is -2.05. The molecule has 3 rings (SSSR count). The summed E-state index contributed by atoms with van der Waals surface area (Å²) >= 11 is 1.58. The maximum Gasteiger partial charge on any atom is 0.229 e. The van der Waals surface area contributed by atoms with E-state index in [1.165, 1.54) is 4.80 Å². The lowest BCUT2D eigenvalue weighted by atomic mass is 10.2. The van der Waals surface area contributed by atoms with Gasteiger partial charge in [0.25, 0.3) is 0 Å². The topological polar surface area (TPSA) is 82.5 Å². The van der Waals surface area contributed by atoms with Crippen LogP contribution in [0.15, 0.2) is 22.0 Å². The van der Waals surface area contributed by atoms with Gasteiger partial charge in [-0.2, -0.15) is 9.78 Å². The predicted octanol–water partition coefficient (Wildman–Crippen LogP) is 1.96. The Balaban J connectivity index is 1.76. The van der Waals surface area contributed by atoms with Crippen molar-refractivity contribution in [2.24, 2.45) is 0 Å². The number of hydrogen-bond donors (Lipinski definition) is 0. The summed E-state index contributed by atoms with van der Waals surface area (Å²) in [6.45, 7) is 4.36. The highest BCUT2D eigenvalue weighted by Crippen LogP contribution is 2.19. The Labute approximate surface area is 113 Å². The molecule has 0 N–H and O–H groups in total. The van der Waals surface area contributed by atoms with Gasteiger partial charge >= 0.3 is 0 Å². The highest BCUT2D eigenvalue weighted by molar-refractivity contribution is 7.13. The predicted molar refractivity (Wildman–Crippen MR) is 68.6 cm³/mol. The summed E-state index contributed by atoms with van der Waals surface area (Å²) in [7, 11) is 0. The molecule has 19 heavy (non-hydrogen) atoms. The molecule has 0 saturated carbocycles. The average Bonchev–Trinajstić information content (AvgIpc) is 3.09. The molecule has 0 saturated heterocycles. The number of thiophene rings is 1. The van der Waals surface area contributed by atoms with Gasteiger partial charge in [0.05, 0.1) is 4.88 Å². The van der Waals surface area contributed by atoms with E-state index in [9.17, 15) is 0 Å². The van der Waals surface area contributed by atoms with E-state index in [-0.39, 0.29) is 5.92 Å². The van der Waals surface area contributed by atoms with Gasteiger partial charge in [-0.25, -0.2) is 0 Å². The van der Waals surface area contributed by atoms with Crippen LogP contribution in [-0.2, 0) is 6.54 Å². The first kappa shape index (κ1) is 12.0. The van der Waals surface area contributed by atoms with Crippen molar-refractivity contribution < 1.29 is 4.52 Å². The number of rotatable bonds is 4. The maximum atomic E-state index is 5.13. The van der Waals surface area contributed by atoms with Gasteiger partial charge < -0.3 is 4.52 Å². The SMILES string of the molecule is CC(C)c1nc(Cn2nnc(-c3cccs3)n2)no1. The molecule has 3 aromatic heterocycles. The minimum absolute atomic E-state index is 0.214. The smallest absolute Gasteiger partial charge is 0.229 e. The number of hydrogen-bond acceptors (Lipinski definition) is 7. The van der Waals surface area contributed by atoms with Crippen LogP contribution in [-0.4, -0.2) is 30.3 Å². The molecule has 8 heteroatoms. The maximum absolute atomic E-state index is 5.13. The number of nitrogens with zero attached hydrogens (tertiary/aromatic N) is 6. The highest BCUT2D eigenvalue weighted by atomic mass is 32.1. The van der Waals surface area contributed by atoms with E-state index in [2.05, 4.69) is 25.6 Å². The first-order valence-corrected chi connectivity index (χ1v) is 6.74. The van der Waals surface area contributed by atoms with E-state index in [1.807, 2.05) is 31.4 Å². The monoisotopic (exact) mass is 276 g/mol. The summed E-state index contributed by atoms with van der Waals surface area (Å²) in [6.07, 6.45) is 0. The molecule has 7 nitrogen and oxygen atoms in total. The van der Waals surface area contributed by atoms with Gasteiger partial charge in [-0.15, -0.1) is 21.5 Å². The molecule has 3 heterocycles. The van der Waals surface area contributed by atoms with Gasteiger partial charge in [0.2, 0.25) is 11.7 Å². The first-order valence-electron chi connectivity index (χ1n) is 5.86. The van der Waals surface area contributed by atoms with Crippen molar-refractivity contribution in [2.45, 2.75) is 26.3 Å². The highest BCUT2D eigenvalue weighted by Gasteiger charge is 2.12. The van der Waals surface area contributed by atoms with E-state index in [0.717, 1.165) is 4.88 Å². The van der Waals surface area contributed by atoms with Crippen molar-refractivity contribution >= 4 is 11.3 Å². The van der Waals surface area contributed by atoms with Crippen LogP contribution in [0.5, 0.6) is 0 Å². The molecule has 98 valence electrons. The molecule has 0 unspecified atom stereocenters. The quantitative estimate of drug-likeness (QED) is 0.724. The number of tetrazole rings is 1. The summed E-state index contributed by atoms with van der Waals surface area (Å²) in [5, 5.41) is 18.1. The van der Waals surface area contributed by atoms with E-state index >= 15 is 0 Å². The third kappa shape index (κ3) is 2.53. The van der Waals surface area contributed by atoms with Crippen LogP contribution in [0.3, 0.4) is 0 Å². The lowest BCUT2D eigenvalue weighted by Gasteiger charge is -1.93. The van der Waals surface area contributed by atoms with E-state index in [1.54, 1.807) is 11.3 Å². The molecule has 0 aromatic carbocycles. The zero-order chi connectivity index (χ0) is 13.2. The fourth-order valence-corrected chi connectivity index (χ4v) is 2.16. The Kier molecular flexibility index (Phi) is 3.08. The molecule has 0 spiro atoms. The van der Waals surface area contributed by atoms with Gasteiger partial charge in [0, 0.05) is 5.92 Å². The Morgan fingerprint density at radius 2 is 2.32 bits per heavy atom. The van der Waals surface area contributed by atoms with Crippen molar-refractivity contribution in [3.05, 3.63) is 29.2 Å². The van der Waals surface area contributed by atoms with Crippen molar-refractivity contribution in [2.75, 3.05) is 0 Å². The molecule has 0 aliphatic carbocycles. The van der Waals surface area contributed by atoms with Crippen LogP contribution in [0, 0.1) is 0 Å². The molecule has 0 amide bonds. The molecular formula is C11H12N6OS. The molecule has 0 atom stereocenters. The molecule has 0 fully saturated rings. The van der Waals surface area contributed by atoms with Crippen LogP contribution in [0.1, 0.15) is 31.5 Å². The Hall–Kier alpha value is -2.09. The van der Waals surface area contributed by atoms with Gasteiger partial charge in [-0.1, -0.05) is 25.1 Å². The van der Waals surface area contributed by atoms with E-state index in [4.69, 9.17) is 4.52 Å². The molecule has 0 radical (unpaired) electrons. The largest absolute Gasteiger partial charge is 0.339 e. The fraction of sp³-hybridized carbons (Fsp3) is 0.364. The van der Waals surface area contributed by atoms with Crippen molar-refractivity contribution in [1.29, 1.82) is 0 Å². The second-order valence-corrected chi connectivity index (χ2v) is 5.27. The van der Waals surface area contributed by atoms with Crippen LogP contribution < -0.4 is 0 Å². The Morgan fingerprint density at radius 3 is 3.00 bits per heavy atom. The van der Waals surface area contributed by atoms with Gasteiger partial charge in [-0.05, 0) is 16.7 Å². The Bertz CT molecular complexity index is 656. The van der Waals surface area contributed by atoms with Crippen LogP contribution >= 0.6 is 11.3 Å². The lowest BCUT2D eigenvalue weighted by molar-refractivity contribution is 0.358. The number of aromatic nitrogens is 6. The molecule has 0 aliphatic rings. The molecule has 0 aliphatic heterocycles. The summed E-state index contributed by atoms with van der Waals surface area (Å²) in [4.78, 5) is 6.72. The summed E-state index contributed by atoms with van der Waals surface area (Å²) < 4.78 is 5.13. The third-order valence-corrected chi connectivity index (χ3v) is 3.32. The molecule has 0 bridgehead atoms. The van der Waals surface area contributed by atoms with E-state index in [0.29, 0.717) is 24.1 Å². The summed E-state index contributed by atoms with van der Waals surface area (Å²) in [5.74, 6) is 2.00. The van der Waals surface area contributed by atoms with Crippen molar-refractivity contribution in [3.63, 3.8) is 0 Å². The second kappa shape index (κ2) is 4.88. The zero-order valence-corrected chi connectivity index (χ0v) is 11.3. The molecule has 3 aromatic rings. The summed E-state index contributed by atoms with van der Waals surface area (Å²) in [5.41, 5.74) is 0. The second-order valence-electron chi connectivity index (χ2n) is 4.32. The first-order chi connectivity index (χ1) is 9.22. The van der Waals surface area contributed by atoms with Gasteiger partial charge in [0.15, 0.2) is 5.82 Å². The fourth-order valence-electron chi connectivity index (χ4n) is 1.51. The normalized spacial score (nSPS) is 11.3. The zero-order valence-electron chi connectivity index (χ0n) is 10.5. The van der Waals surface area contributed by atoms with Crippen molar-refractivity contribution in [1.82, 2.24) is 30.3 Å². The minimum Gasteiger partial charge on any atom is -0.339 e. The van der Waals surface area contributed by atoms with Crippen molar-refractivity contribution in [3.8, 4) is 10.7 Å². The Morgan fingerprint density at radius 1 is 1.42 bits per heavy atom. The molecular weight excluding hydrogens is 264 g/mol. The van der Waals surface area contributed by atoms with Crippen LogP contribution in [0.2, 0.25) is 0 Å². The van der Waals surface area contributed by atoms with E-state index < -0.39 is 0 Å². The van der Waals surface area contributed by atoms with Gasteiger partial charge in [-0.3, -0.25) is 0 Å². The average molecular weight is 276 g/mol. The standard InChI is InChI=1S/C11H12N6OS/c1-7(2)11-12-9(15-18-11)6-17-14-10(13-16-17)8-4-3-5-19-8/h3-5,7H,6H2,1-2H3. The van der Waals surface area contributed by atoms with Crippen LogP contribution in [0.4, 0.5) is 0 Å². The minimum atomic E-state index is 0.214. The third-order valence-electron chi connectivity index (χ3n) is 2.45. The van der Waals surface area contributed by atoms with Crippen LogP contribution in [0.25, 0.3) is 10.7 Å². The van der Waals surface area contributed by atoms with Gasteiger partial charge in [0.1, 0.15) is 6.54 Å².